The van der Waals surface area contributed by atoms with Crippen molar-refractivity contribution in [3.8, 4) is 0 Å². The number of hydrogen-bond acceptors (Lipinski definition) is 3. The lowest BCUT2D eigenvalue weighted by Gasteiger charge is -2.37. The molecule has 0 saturated heterocycles. The fourth-order valence-electron chi connectivity index (χ4n) is 3.70. The minimum Gasteiger partial charge on any atom is -0.395 e. The highest BCUT2D eigenvalue weighted by atomic mass is 16.3. The molecule has 0 aromatic rings. The van der Waals surface area contributed by atoms with E-state index < -0.39 is 0 Å². The number of hydrogen-bond donors (Lipinski definition) is 2. The van der Waals surface area contributed by atoms with Gasteiger partial charge in [0.05, 0.1) is 12.5 Å². The molecule has 2 saturated carbocycles. The molecule has 2 aliphatic rings. The van der Waals surface area contributed by atoms with Gasteiger partial charge in [-0.3, -0.25) is 4.79 Å². The van der Waals surface area contributed by atoms with Gasteiger partial charge in [0.2, 0.25) is 5.91 Å². The fourth-order valence-corrected chi connectivity index (χ4v) is 3.70. The molecule has 3 unspecified atom stereocenters. The van der Waals surface area contributed by atoms with Gasteiger partial charge in [-0.2, -0.15) is 0 Å². The van der Waals surface area contributed by atoms with Gasteiger partial charge in [0.1, 0.15) is 0 Å². The van der Waals surface area contributed by atoms with Gasteiger partial charge in [-0.25, -0.2) is 0 Å². The molecule has 2 fully saturated rings. The molecule has 4 heteroatoms. The van der Waals surface area contributed by atoms with Gasteiger partial charge in [-0.1, -0.05) is 19.8 Å². The average molecular weight is 268 g/mol. The summed E-state index contributed by atoms with van der Waals surface area (Å²) in [7, 11) is 0. The van der Waals surface area contributed by atoms with Crippen molar-refractivity contribution in [3.05, 3.63) is 0 Å². The van der Waals surface area contributed by atoms with Gasteiger partial charge in [0.15, 0.2) is 0 Å². The van der Waals surface area contributed by atoms with Crippen LogP contribution in [-0.2, 0) is 4.79 Å². The lowest BCUT2D eigenvalue weighted by Crippen LogP contribution is -2.50. The Hall–Kier alpha value is -0.610. The number of rotatable bonds is 4. The summed E-state index contributed by atoms with van der Waals surface area (Å²) >= 11 is 0. The average Bonchev–Trinajstić information content (AvgIpc) is 2.92. The second-order valence-electron chi connectivity index (χ2n) is 6.38. The van der Waals surface area contributed by atoms with E-state index in [-0.39, 0.29) is 24.5 Å². The molecule has 110 valence electrons. The molecule has 0 bridgehead atoms. The van der Waals surface area contributed by atoms with Gasteiger partial charge in [-0.05, 0) is 38.0 Å². The molecule has 2 aliphatic carbocycles. The van der Waals surface area contributed by atoms with Crippen molar-refractivity contribution in [1.82, 2.24) is 4.90 Å². The topological polar surface area (TPSA) is 66.6 Å². The Morgan fingerprint density at radius 2 is 1.95 bits per heavy atom. The summed E-state index contributed by atoms with van der Waals surface area (Å²) in [6.45, 7) is 2.74. The first-order valence-corrected chi connectivity index (χ1v) is 7.80. The minimum atomic E-state index is -0.0316. The van der Waals surface area contributed by atoms with Crippen LogP contribution in [-0.4, -0.2) is 41.1 Å². The first-order valence-electron chi connectivity index (χ1n) is 7.80. The molecular formula is C15H28N2O2. The molecule has 0 aromatic carbocycles. The van der Waals surface area contributed by atoms with Crippen LogP contribution in [0.1, 0.15) is 51.9 Å². The summed E-state index contributed by atoms with van der Waals surface area (Å²) in [5.74, 6) is 0.754. The van der Waals surface area contributed by atoms with E-state index in [9.17, 15) is 9.90 Å². The summed E-state index contributed by atoms with van der Waals surface area (Å²) in [4.78, 5) is 14.7. The van der Waals surface area contributed by atoms with Gasteiger partial charge >= 0.3 is 0 Å². The zero-order chi connectivity index (χ0) is 13.8. The Morgan fingerprint density at radius 1 is 1.26 bits per heavy atom. The first kappa shape index (κ1) is 14.8. The smallest absolute Gasteiger partial charge is 0.227 e. The molecule has 0 aromatic heterocycles. The molecule has 0 spiro atoms. The van der Waals surface area contributed by atoms with Crippen molar-refractivity contribution in [2.75, 3.05) is 13.2 Å². The largest absolute Gasteiger partial charge is 0.395 e. The Bertz CT molecular complexity index is 303. The third-order valence-electron chi connectivity index (χ3n) is 4.87. The molecular weight excluding hydrogens is 240 g/mol. The van der Waals surface area contributed by atoms with Crippen LogP contribution in [0, 0.1) is 11.8 Å². The fraction of sp³-hybridized carbons (Fsp3) is 0.933. The molecule has 0 aliphatic heterocycles. The van der Waals surface area contributed by atoms with E-state index in [0.29, 0.717) is 18.5 Å². The molecule has 19 heavy (non-hydrogen) atoms. The number of nitrogens with zero attached hydrogens (tertiary/aromatic N) is 1. The van der Waals surface area contributed by atoms with Crippen molar-refractivity contribution in [3.63, 3.8) is 0 Å². The molecule has 1 amide bonds. The van der Waals surface area contributed by atoms with Crippen LogP contribution in [0.4, 0.5) is 0 Å². The van der Waals surface area contributed by atoms with Crippen LogP contribution < -0.4 is 5.73 Å². The Kier molecular flexibility index (Phi) is 5.22. The maximum atomic E-state index is 12.8. The zero-order valence-electron chi connectivity index (χ0n) is 12.1. The van der Waals surface area contributed by atoms with Crippen LogP contribution in [0.5, 0.6) is 0 Å². The number of carbonyl (C=O) groups is 1. The SMILES string of the molecule is CC1CCC(N)C(C(=O)N(CCO)C2CCCC2)C1. The number of nitrogens with two attached hydrogens (primary N) is 1. The third kappa shape index (κ3) is 3.48. The van der Waals surface area contributed by atoms with Crippen LogP contribution in [0.25, 0.3) is 0 Å². The van der Waals surface area contributed by atoms with Crippen LogP contribution in [0.3, 0.4) is 0 Å². The summed E-state index contributed by atoms with van der Waals surface area (Å²) < 4.78 is 0. The molecule has 0 heterocycles. The normalized spacial score (nSPS) is 32.5. The van der Waals surface area contributed by atoms with Crippen LogP contribution >= 0.6 is 0 Å². The molecule has 4 nitrogen and oxygen atoms in total. The van der Waals surface area contributed by atoms with Crippen LogP contribution in [0.15, 0.2) is 0 Å². The van der Waals surface area contributed by atoms with E-state index in [4.69, 9.17) is 5.73 Å². The summed E-state index contributed by atoms with van der Waals surface area (Å²) in [6, 6.07) is 0.343. The van der Waals surface area contributed by atoms with Gasteiger partial charge in [0.25, 0.3) is 0 Å². The van der Waals surface area contributed by atoms with Gasteiger partial charge in [-0.15, -0.1) is 0 Å². The Morgan fingerprint density at radius 3 is 2.58 bits per heavy atom. The predicted octanol–water partition coefficient (Wildman–Crippen LogP) is 1.51. The summed E-state index contributed by atoms with van der Waals surface area (Å²) in [5, 5.41) is 9.24. The van der Waals surface area contributed by atoms with Gasteiger partial charge < -0.3 is 15.7 Å². The Labute approximate surface area is 116 Å². The van der Waals surface area contributed by atoms with Crippen molar-refractivity contribution in [1.29, 1.82) is 0 Å². The maximum Gasteiger partial charge on any atom is 0.227 e. The van der Waals surface area contributed by atoms with Crippen molar-refractivity contribution >= 4 is 5.91 Å². The monoisotopic (exact) mass is 268 g/mol. The number of aliphatic hydroxyl groups excluding tert-OH is 1. The van der Waals surface area contributed by atoms with E-state index in [1.165, 1.54) is 12.8 Å². The molecule has 3 atom stereocenters. The maximum absolute atomic E-state index is 12.8. The van der Waals surface area contributed by atoms with E-state index in [0.717, 1.165) is 32.1 Å². The highest BCUT2D eigenvalue weighted by molar-refractivity contribution is 5.80. The van der Waals surface area contributed by atoms with Crippen molar-refractivity contribution in [2.45, 2.75) is 64.0 Å². The quantitative estimate of drug-likeness (QED) is 0.812. The predicted molar refractivity (Wildman–Crippen MR) is 75.5 cm³/mol. The molecule has 3 N–H and O–H groups in total. The lowest BCUT2D eigenvalue weighted by atomic mass is 9.78. The number of amides is 1. The zero-order valence-corrected chi connectivity index (χ0v) is 12.1. The third-order valence-corrected chi connectivity index (χ3v) is 4.87. The highest BCUT2D eigenvalue weighted by Crippen LogP contribution is 2.32. The van der Waals surface area contributed by atoms with E-state index >= 15 is 0 Å². The standard InChI is InChI=1S/C15H28N2O2/c1-11-6-7-14(16)13(10-11)15(19)17(8-9-18)12-4-2-3-5-12/h11-14,18H,2-10,16H2,1H3. The van der Waals surface area contributed by atoms with Crippen molar-refractivity contribution in [2.24, 2.45) is 17.6 Å². The molecule has 0 radical (unpaired) electrons. The van der Waals surface area contributed by atoms with E-state index in [1.807, 2.05) is 4.90 Å². The second kappa shape index (κ2) is 6.71. The summed E-state index contributed by atoms with van der Waals surface area (Å²) in [6.07, 6.45) is 7.57. The van der Waals surface area contributed by atoms with E-state index in [1.54, 1.807) is 0 Å². The number of aliphatic hydroxyl groups is 1. The second-order valence-corrected chi connectivity index (χ2v) is 6.38. The molecule has 2 rings (SSSR count). The Balaban J connectivity index is 2.04. The lowest BCUT2D eigenvalue weighted by molar-refractivity contribution is -0.140. The van der Waals surface area contributed by atoms with Crippen LogP contribution in [0.2, 0.25) is 0 Å². The minimum absolute atomic E-state index is 0.00583. The summed E-state index contributed by atoms with van der Waals surface area (Å²) in [5.41, 5.74) is 6.16. The number of carbonyl (C=O) groups excluding carboxylic acids is 1. The van der Waals surface area contributed by atoms with Gasteiger partial charge in [0, 0.05) is 18.6 Å². The first-order chi connectivity index (χ1) is 9.13. The van der Waals surface area contributed by atoms with E-state index in [2.05, 4.69) is 6.92 Å². The van der Waals surface area contributed by atoms with Crippen molar-refractivity contribution < 1.29 is 9.90 Å². The highest BCUT2D eigenvalue weighted by Gasteiger charge is 2.36.